The van der Waals surface area contributed by atoms with E-state index in [2.05, 4.69) is 9.28 Å². The van der Waals surface area contributed by atoms with Crippen LogP contribution in [0.25, 0.3) is 0 Å². The monoisotopic (exact) mass is 330 g/mol. The minimum absolute atomic E-state index is 0.104. The Labute approximate surface area is 123 Å². The van der Waals surface area contributed by atoms with Gasteiger partial charge in [-0.3, -0.25) is 4.18 Å². The van der Waals surface area contributed by atoms with Gasteiger partial charge in [0.05, 0.1) is 24.0 Å². The first-order valence-electron chi connectivity index (χ1n) is 5.89. The quantitative estimate of drug-likeness (QED) is 0.756. The molecule has 114 valence electrons. The predicted molar refractivity (Wildman–Crippen MR) is 75.6 cm³/mol. The van der Waals surface area contributed by atoms with Gasteiger partial charge < -0.3 is 0 Å². The molecule has 0 amide bonds. The Kier molecular flexibility index (Phi) is 4.17. The zero-order valence-corrected chi connectivity index (χ0v) is 13.1. The summed E-state index contributed by atoms with van der Waals surface area (Å²) in [5.74, 6) is 0. The van der Waals surface area contributed by atoms with Gasteiger partial charge in [-0.05, 0) is 19.1 Å². The smallest absolute Gasteiger partial charge is 0.265 e. The van der Waals surface area contributed by atoms with E-state index < -0.39 is 20.1 Å². The molecule has 0 atom stereocenters. The molecule has 1 aromatic carbocycles. The molecular formula is C12H14N2O5S2. The number of aromatic nitrogens is 2. The van der Waals surface area contributed by atoms with E-state index in [0.717, 1.165) is 15.9 Å². The SMILES string of the molecule is Cc1ccc(S(=O)(=O)n2cc(COS(C)(=O)=O)cn2)cc1. The lowest BCUT2D eigenvalue weighted by Gasteiger charge is -2.04. The summed E-state index contributed by atoms with van der Waals surface area (Å²) < 4.78 is 51.8. The molecule has 1 heterocycles. The van der Waals surface area contributed by atoms with Gasteiger partial charge in [-0.15, -0.1) is 0 Å². The molecule has 0 radical (unpaired) electrons. The van der Waals surface area contributed by atoms with E-state index in [1.54, 1.807) is 12.1 Å². The normalized spacial score (nSPS) is 12.5. The highest BCUT2D eigenvalue weighted by atomic mass is 32.2. The maximum Gasteiger partial charge on any atom is 0.282 e. The Hall–Kier alpha value is -1.71. The van der Waals surface area contributed by atoms with E-state index in [4.69, 9.17) is 0 Å². The van der Waals surface area contributed by atoms with Crippen molar-refractivity contribution in [1.82, 2.24) is 9.19 Å². The third-order valence-electron chi connectivity index (χ3n) is 2.62. The second-order valence-corrected chi connectivity index (χ2v) is 7.95. The van der Waals surface area contributed by atoms with Crippen LogP contribution in [0.1, 0.15) is 11.1 Å². The van der Waals surface area contributed by atoms with Crippen LogP contribution in [0.3, 0.4) is 0 Å². The molecular weight excluding hydrogens is 316 g/mol. The molecule has 0 saturated heterocycles. The Morgan fingerprint density at radius 3 is 2.33 bits per heavy atom. The Balaban J connectivity index is 2.26. The molecule has 0 saturated carbocycles. The predicted octanol–water partition coefficient (Wildman–Crippen LogP) is 0.905. The lowest BCUT2D eigenvalue weighted by molar-refractivity contribution is 0.312. The Morgan fingerprint density at radius 1 is 1.14 bits per heavy atom. The molecule has 0 unspecified atom stereocenters. The molecule has 2 rings (SSSR count). The Bertz CT molecular complexity index is 836. The van der Waals surface area contributed by atoms with Crippen LogP contribution in [0.15, 0.2) is 41.6 Å². The number of nitrogens with zero attached hydrogens (tertiary/aromatic N) is 2. The summed E-state index contributed by atoms with van der Waals surface area (Å²) >= 11 is 0. The van der Waals surface area contributed by atoms with E-state index in [0.29, 0.717) is 5.56 Å². The molecule has 2 aromatic rings. The third kappa shape index (κ3) is 3.90. The summed E-state index contributed by atoms with van der Waals surface area (Å²) in [7, 11) is -7.38. The van der Waals surface area contributed by atoms with Gasteiger partial charge in [0, 0.05) is 11.8 Å². The second-order valence-electron chi connectivity index (χ2n) is 4.51. The maximum absolute atomic E-state index is 12.3. The van der Waals surface area contributed by atoms with Crippen LogP contribution in [-0.4, -0.2) is 32.3 Å². The summed E-state index contributed by atoms with van der Waals surface area (Å²) in [6.45, 7) is 1.59. The fourth-order valence-corrected chi connectivity index (χ4v) is 3.03. The van der Waals surface area contributed by atoms with Crippen LogP contribution in [0, 0.1) is 6.92 Å². The van der Waals surface area contributed by atoms with Crippen molar-refractivity contribution in [1.29, 1.82) is 0 Å². The zero-order valence-electron chi connectivity index (χ0n) is 11.4. The molecule has 0 aliphatic rings. The van der Waals surface area contributed by atoms with Crippen molar-refractivity contribution >= 4 is 20.1 Å². The first kappa shape index (κ1) is 15.7. The van der Waals surface area contributed by atoms with Crippen molar-refractivity contribution in [3.63, 3.8) is 0 Å². The lowest BCUT2D eigenvalue weighted by Crippen LogP contribution is -2.13. The highest BCUT2D eigenvalue weighted by molar-refractivity contribution is 7.89. The minimum Gasteiger partial charge on any atom is -0.265 e. The van der Waals surface area contributed by atoms with Gasteiger partial charge >= 0.3 is 0 Å². The number of rotatable bonds is 5. The first-order valence-corrected chi connectivity index (χ1v) is 9.14. The third-order valence-corrected chi connectivity index (χ3v) is 4.72. The first-order chi connectivity index (χ1) is 9.68. The summed E-state index contributed by atoms with van der Waals surface area (Å²) in [5.41, 5.74) is 1.28. The van der Waals surface area contributed by atoms with Gasteiger partial charge in [-0.25, -0.2) is 0 Å². The summed E-state index contributed by atoms with van der Waals surface area (Å²) in [4.78, 5) is 0.104. The highest BCUT2D eigenvalue weighted by Gasteiger charge is 2.18. The molecule has 0 spiro atoms. The van der Waals surface area contributed by atoms with Crippen LogP contribution in [-0.2, 0) is 30.9 Å². The van der Waals surface area contributed by atoms with Crippen molar-refractivity contribution in [3.05, 3.63) is 47.8 Å². The van der Waals surface area contributed by atoms with Gasteiger partial charge in [0.2, 0.25) is 0 Å². The van der Waals surface area contributed by atoms with E-state index in [-0.39, 0.29) is 11.5 Å². The van der Waals surface area contributed by atoms with Crippen molar-refractivity contribution < 1.29 is 21.0 Å². The largest absolute Gasteiger partial charge is 0.282 e. The van der Waals surface area contributed by atoms with Crippen molar-refractivity contribution in [3.8, 4) is 0 Å². The van der Waals surface area contributed by atoms with Crippen LogP contribution in [0.2, 0.25) is 0 Å². The van der Waals surface area contributed by atoms with Crippen molar-refractivity contribution in [2.75, 3.05) is 6.26 Å². The molecule has 0 N–H and O–H groups in total. The van der Waals surface area contributed by atoms with Crippen LogP contribution in [0.4, 0.5) is 0 Å². The van der Waals surface area contributed by atoms with Crippen LogP contribution < -0.4 is 0 Å². The molecule has 9 heteroatoms. The van der Waals surface area contributed by atoms with Crippen molar-refractivity contribution in [2.45, 2.75) is 18.4 Å². The van der Waals surface area contributed by atoms with E-state index in [1.165, 1.54) is 24.5 Å². The fraction of sp³-hybridized carbons (Fsp3) is 0.250. The van der Waals surface area contributed by atoms with Crippen LogP contribution >= 0.6 is 0 Å². The van der Waals surface area contributed by atoms with E-state index >= 15 is 0 Å². The van der Waals surface area contributed by atoms with Gasteiger partial charge in [-0.2, -0.15) is 26.0 Å². The second kappa shape index (κ2) is 5.58. The van der Waals surface area contributed by atoms with E-state index in [9.17, 15) is 16.8 Å². The number of hydrogen-bond donors (Lipinski definition) is 0. The Morgan fingerprint density at radius 2 is 1.76 bits per heavy atom. The molecule has 0 aliphatic carbocycles. The summed E-state index contributed by atoms with van der Waals surface area (Å²) in [6, 6.07) is 6.34. The molecule has 7 nitrogen and oxygen atoms in total. The summed E-state index contributed by atoms with van der Waals surface area (Å²) in [6.07, 6.45) is 3.39. The average Bonchev–Trinajstić information content (AvgIpc) is 2.85. The van der Waals surface area contributed by atoms with Gasteiger partial charge in [0.25, 0.3) is 20.1 Å². The molecule has 21 heavy (non-hydrogen) atoms. The van der Waals surface area contributed by atoms with Crippen molar-refractivity contribution in [2.24, 2.45) is 0 Å². The molecule has 0 bridgehead atoms. The molecule has 0 aliphatic heterocycles. The topological polar surface area (TPSA) is 95.3 Å². The van der Waals surface area contributed by atoms with E-state index in [1.807, 2.05) is 6.92 Å². The standard InChI is InChI=1S/C12H14N2O5S2/c1-10-3-5-12(6-4-10)21(17,18)14-8-11(7-13-14)9-19-20(2,15)16/h3-8H,9H2,1-2H3. The van der Waals surface area contributed by atoms with Gasteiger partial charge in [-0.1, -0.05) is 17.7 Å². The molecule has 0 fully saturated rings. The van der Waals surface area contributed by atoms with Crippen LogP contribution in [0.5, 0.6) is 0 Å². The maximum atomic E-state index is 12.3. The molecule has 1 aromatic heterocycles. The zero-order chi connectivity index (χ0) is 15.7. The van der Waals surface area contributed by atoms with Gasteiger partial charge in [0.15, 0.2) is 0 Å². The average molecular weight is 330 g/mol. The number of benzene rings is 1. The lowest BCUT2D eigenvalue weighted by atomic mass is 10.2. The van der Waals surface area contributed by atoms with Gasteiger partial charge in [0.1, 0.15) is 0 Å². The highest BCUT2D eigenvalue weighted by Crippen LogP contribution is 2.15. The minimum atomic E-state index is -3.79. The fourth-order valence-electron chi connectivity index (χ4n) is 1.54. The number of aryl methyl sites for hydroxylation is 1. The number of hydrogen-bond acceptors (Lipinski definition) is 6. The summed E-state index contributed by atoms with van der Waals surface area (Å²) in [5, 5.41) is 3.74.